The molecule has 1 aliphatic rings. The van der Waals surface area contributed by atoms with Gasteiger partial charge in [-0.1, -0.05) is 5.16 Å². The maximum atomic E-state index is 11.6. The number of hydrogen-bond donors (Lipinski definition) is 1. The Morgan fingerprint density at radius 3 is 3.00 bits per heavy atom. The largest absolute Gasteiger partial charge is 0.464 e. The van der Waals surface area contributed by atoms with E-state index in [1.165, 1.54) is 13.4 Å². The number of nitrogen functional groups attached to an aromatic ring is 1. The highest BCUT2D eigenvalue weighted by Gasteiger charge is 2.22. The van der Waals surface area contributed by atoms with E-state index in [2.05, 4.69) is 14.9 Å². The van der Waals surface area contributed by atoms with E-state index in [0.29, 0.717) is 6.61 Å². The van der Waals surface area contributed by atoms with Crippen LogP contribution >= 0.6 is 0 Å². The van der Waals surface area contributed by atoms with Crippen LogP contribution in [-0.4, -0.2) is 36.7 Å². The normalized spacial score (nSPS) is 20.1. The molecule has 0 aliphatic carbocycles. The van der Waals surface area contributed by atoms with Gasteiger partial charge in [0, 0.05) is 6.42 Å². The number of oxime groups is 1. The molecule has 1 aliphatic heterocycles. The molecule has 8 nitrogen and oxygen atoms in total. The summed E-state index contributed by atoms with van der Waals surface area (Å²) < 4.78 is 14.8. The van der Waals surface area contributed by atoms with Gasteiger partial charge < -0.3 is 24.5 Å². The van der Waals surface area contributed by atoms with Crippen LogP contribution in [0.2, 0.25) is 0 Å². The molecule has 1 saturated heterocycles. The van der Waals surface area contributed by atoms with Crippen LogP contribution in [0.4, 0.5) is 6.01 Å². The summed E-state index contributed by atoms with van der Waals surface area (Å²) in [6.45, 7) is 0.616. The maximum Gasteiger partial charge on any atom is 0.362 e. The van der Waals surface area contributed by atoms with Gasteiger partial charge in [-0.15, -0.1) is 0 Å². The molecule has 0 saturated carbocycles. The molecule has 1 aromatic rings. The molecule has 1 unspecified atom stereocenters. The molecule has 1 fully saturated rings. The van der Waals surface area contributed by atoms with E-state index in [1.807, 2.05) is 0 Å². The molecule has 2 rings (SSSR count). The predicted octanol–water partition coefficient (Wildman–Crippen LogP) is 0.677. The molecule has 0 aromatic carbocycles. The summed E-state index contributed by atoms with van der Waals surface area (Å²) in [4.78, 5) is 20.6. The third-order valence-corrected chi connectivity index (χ3v) is 2.54. The van der Waals surface area contributed by atoms with Crippen LogP contribution < -0.4 is 5.73 Å². The van der Waals surface area contributed by atoms with E-state index in [9.17, 15) is 4.79 Å². The Morgan fingerprint density at radius 1 is 1.58 bits per heavy atom. The fourth-order valence-corrected chi connectivity index (χ4v) is 1.59. The van der Waals surface area contributed by atoms with Gasteiger partial charge in [-0.3, -0.25) is 0 Å². The topological polar surface area (TPSA) is 109 Å². The van der Waals surface area contributed by atoms with Crippen molar-refractivity contribution in [2.24, 2.45) is 5.16 Å². The monoisotopic (exact) mass is 269 g/mol. The highest BCUT2D eigenvalue weighted by molar-refractivity contribution is 6.42. The fourth-order valence-electron chi connectivity index (χ4n) is 1.59. The molecule has 1 aromatic heterocycles. The number of rotatable bonds is 4. The molecule has 0 spiro atoms. The Bertz CT molecular complexity index is 465. The lowest BCUT2D eigenvalue weighted by Gasteiger charge is -2.20. The maximum absolute atomic E-state index is 11.6. The Morgan fingerprint density at radius 2 is 2.42 bits per heavy atom. The summed E-state index contributed by atoms with van der Waals surface area (Å²) in [5.41, 5.74) is 5.39. The van der Waals surface area contributed by atoms with Crippen LogP contribution in [0.3, 0.4) is 0 Å². The van der Waals surface area contributed by atoms with Crippen molar-refractivity contribution in [3.05, 3.63) is 12.0 Å². The SMILES string of the molecule is COC(=O)C(=NOC1CCCCO1)c1coc(N)n1. The van der Waals surface area contributed by atoms with Gasteiger partial charge in [-0.25, -0.2) is 4.79 Å². The first-order valence-electron chi connectivity index (χ1n) is 5.86. The molecule has 104 valence electrons. The summed E-state index contributed by atoms with van der Waals surface area (Å²) >= 11 is 0. The first-order valence-corrected chi connectivity index (χ1v) is 5.86. The van der Waals surface area contributed by atoms with E-state index < -0.39 is 12.3 Å². The van der Waals surface area contributed by atoms with E-state index in [1.54, 1.807) is 0 Å². The average Bonchev–Trinajstić information content (AvgIpc) is 2.86. The van der Waals surface area contributed by atoms with Crippen molar-refractivity contribution in [3.63, 3.8) is 0 Å². The van der Waals surface area contributed by atoms with E-state index in [4.69, 9.17) is 19.7 Å². The fraction of sp³-hybridized carbons (Fsp3) is 0.545. The second kappa shape index (κ2) is 6.19. The van der Waals surface area contributed by atoms with Crippen LogP contribution in [0.25, 0.3) is 0 Å². The first-order chi connectivity index (χ1) is 9.20. The van der Waals surface area contributed by atoms with Crippen LogP contribution in [0.15, 0.2) is 15.8 Å². The number of carbonyl (C=O) groups excluding carboxylic acids is 1. The van der Waals surface area contributed by atoms with Crippen molar-refractivity contribution in [1.29, 1.82) is 0 Å². The number of nitrogens with zero attached hydrogens (tertiary/aromatic N) is 2. The zero-order valence-electron chi connectivity index (χ0n) is 10.5. The molecular weight excluding hydrogens is 254 g/mol. The molecule has 0 bridgehead atoms. The summed E-state index contributed by atoms with van der Waals surface area (Å²) in [7, 11) is 1.23. The van der Waals surface area contributed by atoms with Crippen molar-refractivity contribution in [1.82, 2.24) is 4.98 Å². The van der Waals surface area contributed by atoms with Crippen LogP contribution in [-0.2, 0) is 19.1 Å². The van der Waals surface area contributed by atoms with Gasteiger partial charge in [0.25, 0.3) is 6.01 Å². The van der Waals surface area contributed by atoms with E-state index >= 15 is 0 Å². The highest BCUT2D eigenvalue weighted by Crippen LogP contribution is 2.15. The number of oxazole rings is 1. The smallest absolute Gasteiger partial charge is 0.362 e. The minimum atomic E-state index is -0.691. The first kappa shape index (κ1) is 13.3. The standard InChI is InChI=1S/C11H15N3O5/c1-16-10(15)9(7-6-18-11(12)13-7)14-19-8-4-2-3-5-17-8/h6,8H,2-5H2,1H3,(H2,12,13). The van der Waals surface area contributed by atoms with Gasteiger partial charge in [0.05, 0.1) is 13.7 Å². The number of hydrogen-bond acceptors (Lipinski definition) is 8. The van der Waals surface area contributed by atoms with Crippen molar-refractivity contribution in [2.75, 3.05) is 19.5 Å². The number of anilines is 1. The number of nitrogens with two attached hydrogens (primary N) is 1. The number of aromatic nitrogens is 1. The van der Waals surface area contributed by atoms with Crippen molar-refractivity contribution >= 4 is 17.7 Å². The number of esters is 1. The van der Waals surface area contributed by atoms with Crippen LogP contribution in [0, 0.1) is 0 Å². The summed E-state index contributed by atoms with van der Waals surface area (Å²) in [6, 6.07) is -0.0690. The lowest BCUT2D eigenvalue weighted by atomic mass is 10.2. The van der Waals surface area contributed by atoms with Gasteiger partial charge in [-0.2, -0.15) is 4.98 Å². The van der Waals surface area contributed by atoms with Gasteiger partial charge >= 0.3 is 5.97 Å². The second-order valence-corrected chi connectivity index (χ2v) is 3.90. The van der Waals surface area contributed by atoms with Crippen LogP contribution in [0.5, 0.6) is 0 Å². The molecule has 2 heterocycles. The highest BCUT2D eigenvalue weighted by atomic mass is 16.8. The molecule has 8 heteroatoms. The van der Waals surface area contributed by atoms with E-state index in [0.717, 1.165) is 19.3 Å². The zero-order valence-corrected chi connectivity index (χ0v) is 10.5. The van der Waals surface area contributed by atoms with Gasteiger partial charge in [0.15, 0.2) is 0 Å². The predicted molar refractivity (Wildman–Crippen MR) is 64.1 cm³/mol. The Balaban J connectivity index is 2.10. The molecule has 2 N–H and O–H groups in total. The summed E-state index contributed by atoms with van der Waals surface area (Å²) in [6.07, 6.45) is 3.45. The zero-order chi connectivity index (χ0) is 13.7. The second-order valence-electron chi connectivity index (χ2n) is 3.90. The Labute approximate surface area is 109 Å². The summed E-state index contributed by atoms with van der Waals surface area (Å²) in [5, 5.41) is 3.74. The van der Waals surface area contributed by atoms with Gasteiger partial charge in [0.2, 0.25) is 12.0 Å². The van der Waals surface area contributed by atoms with E-state index in [-0.39, 0.29) is 17.4 Å². The minimum absolute atomic E-state index is 0.0690. The number of methoxy groups -OCH3 is 1. The van der Waals surface area contributed by atoms with Gasteiger partial charge in [-0.05, 0) is 12.8 Å². The Kier molecular flexibility index (Phi) is 4.35. The molecule has 0 radical (unpaired) electrons. The summed E-state index contributed by atoms with van der Waals surface area (Å²) in [5.74, 6) is -0.691. The minimum Gasteiger partial charge on any atom is -0.464 e. The van der Waals surface area contributed by atoms with Crippen molar-refractivity contribution in [2.45, 2.75) is 25.6 Å². The molecule has 1 atom stereocenters. The molecular formula is C11H15N3O5. The third kappa shape index (κ3) is 3.44. The third-order valence-electron chi connectivity index (χ3n) is 2.54. The number of carbonyl (C=O) groups is 1. The van der Waals surface area contributed by atoms with Crippen LogP contribution in [0.1, 0.15) is 25.0 Å². The number of ether oxygens (including phenoxy) is 2. The quantitative estimate of drug-likeness (QED) is 0.486. The lowest BCUT2D eigenvalue weighted by Crippen LogP contribution is -2.23. The molecule has 19 heavy (non-hydrogen) atoms. The van der Waals surface area contributed by atoms with Crippen molar-refractivity contribution < 1.29 is 23.5 Å². The average molecular weight is 269 g/mol. The molecule has 0 amide bonds. The Hall–Kier alpha value is -2.09. The van der Waals surface area contributed by atoms with Crippen molar-refractivity contribution in [3.8, 4) is 0 Å². The lowest BCUT2D eigenvalue weighted by molar-refractivity contribution is -0.162. The van der Waals surface area contributed by atoms with Gasteiger partial charge in [0.1, 0.15) is 12.0 Å².